The first-order chi connectivity index (χ1) is 35.7. The molecular weight excluding hydrogens is 909 g/mol. The topological polar surface area (TPSA) is 6.48 Å². The Morgan fingerprint density at radius 2 is 0.528 bits per heavy atom. The van der Waals surface area contributed by atoms with Gasteiger partial charge in [0.25, 0.3) is 0 Å². The number of benzene rings is 12. The normalized spacial score (nSPS) is 11.6. The average Bonchev–Trinajstić information content (AvgIpc) is 4.03. The van der Waals surface area contributed by atoms with Gasteiger partial charge in [-0.2, -0.15) is 0 Å². The first-order valence-corrected chi connectivity index (χ1v) is 26.1. The monoisotopic (exact) mass is 952 g/mol. The third-order valence-electron chi connectivity index (χ3n) is 14.3. The molecule has 2 aromatic heterocycles. The maximum absolute atomic E-state index is 2.40. The minimum absolute atomic E-state index is 1.10. The number of thiophene rings is 2. The molecule has 4 heteroatoms. The molecule has 0 unspecified atom stereocenters. The summed E-state index contributed by atoms with van der Waals surface area (Å²) in [5.74, 6) is 0. The van der Waals surface area contributed by atoms with Gasteiger partial charge in [0.1, 0.15) is 0 Å². The fourth-order valence-electron chi connectivity index (χ4n) is 10.8. The van der Waals surface area contributed by atoms with Crippen molar-refractivity contribution in [3.63, 3.8) is 0 Å². The molecule has 0 saturated heterocycles. The van der Waals surface area contributed by atoms with Crippen LogP contribution < -0.4 is 9.80 Å². The van der Waals surface area contributed by atoms with Crippen LogP contribution in [-0.2, 0) is 0 Å². The molecule has 14 aromatic rings. The van der Waals surface area contributed by atoms with E-state index in [-0.39, 0.29) is 0 Å². The number of hydrogen-bond acceptors (Lipinski definition) is 4. The van der Waals surface area contributed by atoms with Gasteiger partial charge in [-0.05, 0) is 117 Å². The van der Waals surface area contributed by atoms with Crippen LogP contribution in [0.15, 0.2) is 267 Å². The first-order valence-electron chi connectivity index (χ1n) is 24.5. The van der Waals surface area contributed by atoms with Gasteiger partial charge in [0.2, 0.25) is 0 Å². The molecule has 338 valence electrons. The van der Waals surface area contributed by atoms with Crippen molar-refractivity contribution in [2.24, 2.45) is 0 Å². The summed E-state index contributed by atoms with van der Waals surface area (Å²) in [7, 11) is 0. The Bertz CT molecular complexity index is 4030. The standard InChI is InChI=1S/C68H44N2S2/c1-3-17-55-47(13-1)15-9-25-63(55)69(53-41-33-49(34-42-53)57-21-11-23-61-59-19-5-7-27-65(59)71-67(57)61)51-37-29-45(30-38-51)46-31-39-52(40-32-46)70(64-26-10-16-48-14-2-4-18-56(48)64)54-43-35-50(36-44-54)58-22-12-24-62-60-20-6-8-28-66(60)72-68(58)62/h1-44H. The van der Waals surface area contributed by atoms with Gasteiger partial charge in [-0.15, -0.1) is 22.7 Å². The summed E-state index contributed by atoms with van der Waals surface area (Å²) in [6.45, 7) is 0. The lowest BCUT2D eigenvalue weighted by atomic mass is 10.0. The van der Waals surface area contributed by atoms with Crippen LogP contribution in [-0.4, -0.2) is 0 Å². The van der Waals surface area contributed by atoms with Gasteiger partial charge in [0.05, 0.1) is 11.4 Å². The van der Waals surface area contributed by atoms with E-state index in [2.05, 4.69) is 277 Å². The molecule has 0 aliphatic rings. The molecule has 0 aliphatic heterocycles. The van der Waals surface area contributed by atoms with Crippen molar-refractivity contribution in [1.29, 1.82) is 0 Å². The fourth-order valence-corrected chi connectivity index (χ4v) is 13.3. The zero-order valence-corrected chi connectivity index (χ0v) is 40.7. The molecule has 12 aromatic carbocycles. The number of hydrogen-bond donors (Lipinski definition) is 0. The van der Waals surface area contributed by atoms with Crippen molar-refractivity contribution < 1.29 is 0 Å². The summed E-state index contributed by atoms with van der Waals surface area (Å²) in [4.78, 5) is 4.80. The van der Waals surface area contributed by atoms with E-state index in [9.17, 15) is 0 Å². The van der Waals surface area contributed by atoms with Crippen LogP contribution in [0.2, 0.25) is 0 Å². The van der Waals surface area contributed by atoms with Crippen molar-refractivity contribution in [2.45, 2.75) is 0 Å². The van der Waals surface area contributed by atoms with Crippen molar-refractivity contribution in [1.82, 2.24) is 0 Å². The molecular formula is C68H44N2S2. The first kappa shape index (κ1) is 42.1. The third-order valence-corrected chi connectivity index (χ3v) is 16.7. The fraction of sp³-hybridized carbons (Fsp3) is 0. The summed E-state index contributed by atoms with van der Waals surface area (Å²) in [6, 6.07) is 97.8. The van der Waals surface area contributed by atoms with Gasteiger partial charge >= 0.3 is 0 Å². The number of anilines is 6. The molecule has 72 heavy (non-hydrogen) atoms. The van der Waals surface area contributed by atoms with Crippen molar-refractivity contribution in [3.05, 3.63) is 267 Å². The predicted molar refractivity (Wildman–Crippen MR) is 313 cm³/mol. The molecule has 0 amide bonds. The van der Waals surface area contributed by atoms with Gasteiger partial charge in [-0.3, -0.25) is 0 Å². The molecule has 0 fully saturated rings. The molecule has 0 saturated carbocycles. The summed E-state index contributed by atoms with van der Waals surface area (Å²) in [5, 5.41) is 10.1. The second kappa shape index (κ2) is 17.6. The Morgan fingerprint density at radius 1 is 0.222 bits per heavy atom. The summed E-state index contributed by atoms with van der Waals surface area (Å²) >= 11 is 3.75. The number of rotatable bonds is 9. The van der Waals surface area contributed by atoms with E-state index in [0.717, 1.165) is 45.3 Å². The highest BCUT2D eigenvalue weighted by atomic mass is 32.1. The molecule has 0 bridgehead atoms. The van der Waals surface area contributed by atoms with E-state index < -0.39 is 0 Å². The second-order valence-electron chi connectivity index (χ2n) is 18.4. The summed E-state index contributed by atoms with van der Waals surface area (Å²) < 4.78 is 5.29. The quantitative estimate of drug-likeness (QED) is 0.142. The van der Waals surface area contributed by atoms with Gasteiger partial charge in [0, 0.05) is 73.9 Å². The summed E-state index contributed by atoms with van der Waals surface area (Å²) in [5.41, 5.74) is 14.0. The van der Waals surface area contributed by atoms with Gasteiger partial charge in [-0.25, -0.2) is 0 Å². The Kier molecular flexibility index (Phi) is 10.3. The van der Waals surface area contributed by atoms with E-state index in [4.69, 9.17) is 0 Å². The molecule has 0 spiro atoms. The van der Waals surface area contributed by atoms with Crippen LogP contribution in [0.1, 0.15) is 0 Å². The zero-order chi connectivity index (χ0) is 47.5. The number of fused-ring (bicyclic) bond motifs is 8. The highest BCUT2D eigenvalue weighted by Crippen LogP contribution is 2.46. The van der Waals surface area contributed by atoms with Crippen LogP contribution in [0.25, 0.3) is 95.3 Å². The van der Waals surface area contributed by atoms with Gasteiger partial charge in [0.15, 0.2) is 0 Å². The Morgan fingerprint density at radius 3 is 0.931 bits per heavy atom. The molecule has 2 nitrogen and oxygen atoms in total. The summed E-state index contributed by atoms with van der Waals surface area (Å²) in [6.07, 6.45) is 0. The van der Waals surface area contributed by atoms with Gasteiger partial charge in [-0.1, -0.05) is 194 Å². The molecule has 0 atom stereocenters. The van der Waals surface area contributed by atoms with Crippen LogP contribution >= 0.6 is 22.7 Å². The largest absolute Gasteiger partial charge is 0.310 e. The minimum atomic E-state index is 1.10. The van der Waals surface area contributed by atoms with Crippen LogP contribution in [0, 0.1) is 0 Å². The number of nitrogens with zero attached hydrogens (tertiary/aromatic N) is 2. The Labute approximate surface area is 426 Å². The lowest BCUT2D eigenvalue weighted by Crippen LogP contribution is -2.10. The van der Waals surface area contributed by atoms with E-state index in [0.29, 0.717) is 0 Å². The maximum Gasteiger partial charge on any atom is 0.0540 e. The molecule has 0 N–H and O–H groups in total. The predicted octanol–water partition coefficient (Wildman–Crippen LogP) is 20.7. The smallest absolute Gasteiger partial charge is 0.0540 e. The van der Waals surface area contributed by atoms with E-state index in [1.807, 2.05) is 22.7 Å². The molecule has 0 aliphatic carbocycles. The van der Waals surface area contributed by atoms with E-state index >= 15 is 0 Å². The lowest BCUT2D eigenvalue weighted by Gasteiger charge is -2.28. The molecule has 0 radical (unpaired) electrons. The molecule has 2 heterocycles. The Hall–Kier alpha value is -8.80. The van der Waals surface area contributed by atoms with Crippen LogP contribution in [0.3, 0.4) is 0 Å². The minimum Gasteiger partial charge on any atom is -0.310 e. The van der Waals surface area contributed by atoms with Crippen LogP contribution in [0.4, 0.5) is 34.1 Å². The highest BCUT2D eigenvalue weighted by molar-refractivity contribution is 7.26. The van der Waals surface area contributed by atoms with E-state index in [1.54, 1.807) is 0 Å². The van der Waals surface area contributed by atoms with Crippen molar-refractivity contribution >= 4 is 119 Å². The zero-order valence-electron chi connectivity index (χ0n) is 39.1. The second-order valence-corrected chi connectivity index (χ2v) is 20.5. The van der Waals surface area contributed by atoms with Crippen LogP contribution in [0.5, 0.6) is 0 Å². The highest BCUT2D eigenvalue weighted by Gasteiger charge is 2.20. The lowest BCUT2D eigenvalue weighted by molar-refractivity contribution is 1.29. The average molecular weight is 953 g/mol. The Balaban J connectivity index is 0.811. The van der Waals surface area contributed by atoms with Gasteiger partial charge < -0.3 is 9.80 Å². The SMILES string of the molecule is c1ccc2c(N(c3ccc(-c4ccc(N(c5ccc(-c6cccc7c6sc6ccccc67)cc5)c5cccc6ccccc56)cc4)cc3)c3ccc(-c4cccc5c4sc4ccccc45)cc3)cccc2c1. The maximum atomic E-state index is 2.40. The third kappa shape index (κ3) is 7.23. The van der Waals surface area contributed by atoms with E-state index in [1.165, 1.54) is 84.1 Å². The van der Waals surface area contributed by atoms with Crippen molar-refractivity contribution in [2.75, 3.05) is 9.80 Å². The molecule has 14 rings (SSSR count). The van der Waals surface area contributed by atoms with Crippen molar-refractivity contribution in [3.8, 4) is 33.4 Å².